The quantitative estimate of drug-likeness (QED) is 0.817. The molecule has 0 aliphatic carbocycles. The molecule has 7 nitrogen and oxygen atoms in total. The van der Waals surface area contributed by atoms with Gasteiger partial charge in [-0.1, -0.05) is 6.07 Å². The third kappa shape index (κ3) is 3.51. The summed E-state index contributed by atoms with van der Waals surface area (Å²) in [6, 6.07) is 6.86. The Morgan fingerprint density at radius 3 is 2.50 bits per heavy atom. The molecule has 138 valence electrons. The van der Waals surface area contributed by atoms with Crippen molar-refractivity contribution in [2.45, 2.75) is 16.0 Å². The van der Waals surface area contributed by atoms with Crippen molar-refractivity contribution in [2.24, 2.45) is 4.40 Å². The van der Waals surface area contributed by atoms with Crippen LogP contribution >= 0.6 is 0 Å². The minimum absolute atomic E-state index is 0.137. The van der Waals surface area contributed by atoms with Gasteiger partial charge in [0.25, 0.3) is 20.0 Å². The van der Waals surface area contributed by atoms with Crippen LogP contribution in [0.2, 0.25) is 0 Å². The topological polar surface area (TPSA) is 105 Å². The number of halogens is 3. The molecular weight excluding hydrogens is 395 g/mol. The minimum atomic E-state index is -4.63. The van der Waals surface area contributed by atoms with E-state index in [4.69, 9.17) is 0 Å². The molecule has 0 unspecified atom stereocenters. The molecule has 0 atom stereocenters. The highest BCUT2D eigenvalue weighted by Crippen LogP contribution is 2.32. The van der Waals surface area contributed by atoms with Crippen LogP contribution in [0.25, 0.3) is 0 Å². The number of rotatable bonds is 3. The Morgan fingerprint density at radius 2 is 1.81 bits per heavy atom. The van der Waals surface area contributed by atoms with Crippen LogP contribution in [0.3, 0.4) is 0 Å². The van der Waals surface area contributed by atoms with Crippen molar-refractivity contribution < 1.29 is 30.0 Å². The third-order valence-electron chi connectivity index (χ3n) is 3.39. The summed E-state index contributed by atoms with van der Waals surface area (Å²) < 4.78 is 92.0. The molecule has 1 aliphatic rings. The summed E-state index contributed by atoms with van der Waals surface area (Å²) in [6.07, 6.45) is -3.68. The van der Waals surface area contributed by atoms with Gasteiger partial charge in [-0.3, -0.25) is 4.72 Å². The fourth-order valence-corrected chi connectivity index (χ4v) is 4.33. The van der Waals surface area contributed by atoms with E-state index < -0.39 is 36.7 Å². The van der Waals surface area contributed by atoms with Crippen LogP contribution in [-0.4, -0.2) is 23.2 Å². The molecule has 12 heteroatoms. The monoisotopic (exact) mass is 405 g/mol. The smallest absolute Gasteiger partial charge is 0.345 e. The molecule has 2 aromatic carbocycles. The van der Waals surface area contributed by atoms with E-state index in [9.17, 15) is 30.0 Å². The van der Waals surface area contributed by atoms with Crippen molar-refractivity contribution in [3.8, 4) is 0 Å². The van der Waals surface area contributed by atoms with E-state index in [-0.39, 0.29) is 16.3 Å². The summed E-state index contributed by atoms with van der Waals surface area (Å²) in [4.78, 5) is -0.789. The number of hydrogen-bond acceptors (Lipinski definition) is 5. The zero-order chi connectivity index (χ0) is 19.2. The summed E-state index contributed by atoms with van der Waals surface area (Å²) in [5.74, 6) is 0. The molecule has 3 rings (SSSR count). The molecule has 1 heterocycles. The normalized spacial score (nSPS) is 15.8. The van der Waals surface area contributed by atoms with Gasteiger partial charge in [0, 0.05) is 5.69 Å². The van der Waals surface area contributed by atoms with Crippen molar-refractivity contribution >= 4 is 37.8 Å². The van der Waals surface area contributed by atoms with Crippen LogP contribution in [-0.2, 0) is 26.2 Å². The van der Waals surface area contributed by atoms with Crippen molar-refractivity contribution in [2.75, 3.05) is 10.0 Å². The summed E-state index contributed by atoms with van der Waals surface area (Å²) >= 11 is 0. The average Bonchev–Trinajstić information content (AvgIpc) is 2.53. The van der Waals surface area contributed by atoms with Gasteiger partial charge in [0.2, 0.25) is 0 Å². The molecule has 2 N–H and O–H groups in total. The lowest BCUT2D eigenvalue weighted by molar-refractivity contribution is -0.137. The molecule has 0 radical (unpaired) electrons. The molecule has 0 spiro atoms. The minimum Gasteiger partial charge on any atom is -0.345 e. The third-order valence-corrected chi connectivity index (χ3v) is 6.05. The second kappa shape index (κ2) is 5.99. The molecule has 0 amide bonds. The first-order valence-electron chi connectivity index (χ1n) is 6.88. The highest BCUT2D eigenvalue weighted by Gasteiger charge is 2.31. The number of anilines is 2. The zero-order valence-corrected chi connectivity index (χ0v) is 14.3. The van der Waals surface area contributed by atoms with Crippen LogP contribution < -0.4 is 10.0 Å². The summed E-state index contributed by atoms with van der Waals surface area (Å²) in [5.41, 5.74) is -1.20. The highest BCUT2D eigenvalue weighted by atomic mass is 32.2. The lowest BCUT2D eigenvalue weighted by atomic mass is 10.2. The molecule has 0 bridgehead atoms. The van der Waals surface area contributed by atoms with Gasteiger partial charge in [-0.25, -0.2) is 8.42 Å². The Hall–Kier alpha value is -2.60. The number of nitrogens with zero attached hydrogens (tertiary/aromatic N) is 1. The Balaban J connectivity index is 1.98. The molecular formula is C14H10F3N3O4S2. The lowest BCUT2D eigenvalue weighted by Crippen LogP contribution is -2.16. The summed E-state index contributed by atoms with van der Waals surface area (Å²) in [6.45, 7) is 0. The number of sulfonamides is 2. The predicted molar refractivity (Wildman–Crippen MR) is 88.0 cm³/mol. The first-order valence-corrected chi connectivity index (χ1v) is 9.81. The van der Waals surface area contributed by atoms with Crippen LogP contribution in [0.4, 0.5) is 24.5 Å². The largest absolute Gasteiger partial charge is 0.416 e. The Kier molecular flexibility index (Phi) is 4.19. The van der Waals surface area contributed by atoms with Crippen molar-refractivity contribution in [3.05, 3.63) is 48.0 Å². The van der Waals surface area contributed by atoms with Gasteiger partial charge in [0.1, 0.15) is 11.2 Å². The fraction of sp³-hybridized carbons (Fsp3) is 0.0714. The van der Waals surface area contributed by atoms with Gasteiger partial charge < -0.3 is 5.32 Å². The number of fused-ring (bicyclic) bond motifs is 1. The van der Waals surface area contributed by atoms with E-state index in [1.807, 2.05) is 4.72 Å². The molecule has 1 aliphatic heterocycles. The maximum Gasteiger partial charge on any atom is 0.416 e. The van der Waals surface area contributed by atoms with Crippen molar-refractivity contribution in [3.63, 3.8) is 0 Å². The van der Waals surface area contributed by atoms with Crippen LogP contribution in [0, 0.1) is 0 Å². The van der Waals surface area contributed by atoms with Gasteiger partial charge in [-0.05, 0) is 36.4 Å². The van der Waals surface area contributed by atoms with Gasteiger partial charge >= 0.3 is 6.18 Å². The van der Waals surface area contributed by atoms with Gasteiger partial charge in [-0.15, -0.1) is 4.40 Å². The van der Waals surface area contributed by atoms with E-state index in [0.717, 1.165) is 36.7 Å². The van der Waals surface area contributed by atoms with Gasteiger partial charge in [-0.2, -0.15) is 21.6 Å². The van der Waals surface area contributed by atoms with Crippen LogP contribution in [0.1, 0.15) is 5.56 Å². The van der Waals surface area contributed by atoms with Gasteiger partial charge in [0.05, 0.1) is 16.1 Å². The zero-order valence-electron chi connectivity index (χ0n) is 12.6. The van der Waals surface area contributed by atoms with Crippen LogP contribution in [0.15, 0.2) is 56.7 Å². The predicted octanol–water partition coefficient (Wildman–Crippen LogP) is 2.65. The maximum atomic E-state index is 12.7. The molecule has 0 fully saturated rings. The number of hydrogen-bond donors (Lipinski definition) is 2. The van der Waals surface area contributed by atoms with Crippen molar-refractivity contribution in [1.82, 2.24) is 0 Å². The highest BCUT2D eigenvalue weighted by molar-refractivity contribution is 7.93. The van der Waals surface area contributed by atoms with E-state index in [2.05, 4.69) is 9.71 Å². The average molecular weight is 405 g/mol. The standard InChI is InChI=1S/C14H10F3N3O4S2/c15-14(16,17)9-2-1-3-10(6-9)20-25(21,22)11-4-5-12-13(7-11)26(23,24)19-8-18-12/h1-8,20H,(H,18,19). The second-order valence-electron chi connectivity index (χ2n) is 5.20. The molecule has 2 aromatic rings. The molecule has 0 saturated carbocycles. The molecule has 0 aromatic heterocycles. The lowest BCUT2D eigenvalue weighted by Gasteiger charge is -2.15. The van der Waals surface area contributed by atoms with E-state index >= 15 is 0 Å². The number of nitrogens with one attached hydrogen (secondary N) is 2. The Bertz CT molecular complexity index is 1110. The van der Waals surface area contributed by atoms with Crippen molar-refractivity contribution in [1.29, 1.82) is 0 Å². The second-order valence-corrected chi connectivity index (χ2v) is 8.48. The van der Waals surface area contributed by atoms with Gasteiger partial charge in [0.15, 0.2) is 0 Å². The Labute approximate surface area is 146 Å². The van der Waals surface area contributed by atoms with E-state index in [1.54, 1.807) is 0 Å². The van der Waals surface area contributed by atoms with E-state index in [1.165, 1.54) is 6.07 Å². The first-order chi connectivity index (χ1) is 12.0. The van der Waals surface area contributed by atoms with Crippen LogP contribution in [0.5, 0.6) is 0 Å². The fourth-order valence-electron chi connectivity index (χ4n) is 2.20. The molecule has 0 saturated heterocycles. The first kappa shape index (κ1) is 18.2. The SMILES string of the molecule is O=S1(=O)N=CNc2ccc(S(=O)(=O)Nc3cccc(C(F)(F)F)c3)cc21. The Morgan fingerprint density at radius 1 is 1.08 bits per heavy atom. The summed E-state index contributed by atoms with van der Waals surface area (Å²) in [7, 11) is -8.38. The number of alkyl halides is 3. The number of benzene rings is 2. The summed E-state index contributed by atoms with van der Waals surface area (Å²) in [5, 5.41) is 2.56. The maximum absolute atomic E-state index is 12.7. The molecule has 26 heavy (non-hydrogen) atoms. The van der Waals surface area contributed by atoms with E-state index in [0.29, 0.717) is 6.07 Å².